The third-order valence-electron chi connectivity index (χ3n) is 2.69. The van der Waals surface area contributed by atoms with Crippen LogP contribution in [0.2, 0.25) is 0 Å². The maximum absolute atomic E-state index is 5.82. The van der Waals surface area contributed by atoms with Gasteiger partial charge >= 0.3 is 0 Å². The number of benzene rings is 1. The molecule has 0 unspecified atom stereocenters. The number of rotatable bonds is 5. The van der Waals surface area contributed by atoms with Gasteiger partial charge in [-0.15, -0.1) is 0 Å². The van der Waals surface area contributed by atoms with Crippen LogP contribution < -0.4 is 10.5 Å². The molecule has 0 spiro atoms. The van der Waals surface area contributed by atoms with Crippen molar-refractivity contribution in [2.45, 2.75) is 26.6 Å². The highest BCUT2D eigenvalue weighted by Crippen LogP contribution is 2.35. The highest BCUT2D eigenvalue weighted by Gasteiger charge is 2.09. The van der Waals surface area contributed by atoms with Crippen molar-refractivity contribution in [3.63, 3.8) is 0 Å². The largest absolute Gasteiger partial charge is 0.486 e. The second-order valence-electron chi connectivity index (χ2n) is 4.09. The number of hydrogen-bond donors (Lipinski definition) is 1. The minimum absolute atomic E-state index is 0.485. The molecular weight excluding hydrogens is 374 g/mol. The number of hydrogen-bond acceptors (Lipinski definition) is 3. The van der Waals surface area contributed by atoms with Crippen molar-refractivity contribution in [3.05, 3.63) is 44.6 Å². The van der Waals surface area contributed by atoms with Crippen LogP contribution in [0, 0.1) is 0 Å². The Morgan fingerprint density at radius 3 is 2.47 bits per heavy atom. The van der Waals surface area contributed by atoms with Crippen LogP contribution >= 0.6 is 31.9 Å². The van der Waals surface area contributed by atoms with Gasteiger partial charge in [-0.2, -0.15) is 5.10 Å². The van der Waals surface area contributed by atoms with Crippen LogP contribution in [0.4, 0.5) is 0 Å². The van der Waals surface area contributed by atoms with E-state index in [4.69, 9.17) is 10.5 Å². The summed E-state index contributed by atoms with van der Waals surface area (Å²) in [5.74, 6) is 0.779. The van der Waals surface area contributed by atoms with Crippen molar-refractivity contribution in [1.29, 1.82) is 0 Å². The average Bonchev–Trinajstić information content (AvgIpc) is 2.85. The number of aryl methyl sites for hydroxylation is 1. The highest BCUT2D eigenvalue weighted by atomic mass is 79.9. The van der Waals surface area contributed by atoms with Gasteiger partial charge in [-0.25, -0.2) is 0 Å². The van der Waals surface area contributed by atoms with Gasteiger partial charge in [0.1, 0.15) is 12.4 Å². The Kier molecular flexibility index (Phi) is 5.01. The normalized spacial score (nSPS) is 10.7. The summed E-state index contributed by atoms with van der Waals surface area (Å²) in [7, 11) is 0. The van der Waals surface area contributed by atoms with Crippen molar-refractivity contribution in [2.24, 2.45) is 5.73 Å². The predicted octanol–water partition coefficient (Wildman–Crippen LogP) is 3.47. The third kappa shape index (κ3) is 3.58. The van der Waals surface area contributed by atoms with E-state index in [9.17, 15) is 0 Å². The van der Waals surface area contributed by atoms with Gasteiger partial charge < -0.3 is 10.5 Å². The van der Waals surface area contributed by atoms with Gasteiger partial charge in [-0.1, -0.05) is 0 Å². The van der Waals surface area contributed by atoms with Gasteiger partial charge in [-0.05, 0) is 56.5 Å². The third-order valence-corrected chi connectivity index (χ3v) is 3.87. The first-order valence-corrected chi connectivity index (χ1v) is 7.54. The predicted molar refractivity (Wildman–Crippen MR) is 82.0 cm³/mol. The van der Waals surface area contributed by atoms with E-state index in [2.05, 4.69) is 43.9 Å². The molecule has 0 atom stereocenters. The van der Waals surface area contributed by atoms with E-state index in [1.54, 1.807) is 0 Å². The van der Waals surface area contributed by atoms with Gasteiger partial charge in [-0.3, -0.25) is 4.68 Å². The number of nitrogens with two attached hydrogens (primary N) is 1. The molecule has 2 rings (SSSR count). The first-order valence-electron chi connectivity index (χ1n) is 5.96. The molecule has 0 radical (unpaired) electrons. The maximum Gasteiger partial charge on any atom is 0.148 e. The summed E-state index contributed by atoms with van der Waals surface area (Å²) in [6.07, 6.45) is 3.80. The second-order valence-corrected chi connectivity index (χ2v) is 5.79. The van der Waals surface area contributed by atoms with Gasteiger partial charge in [0.15, 0.2) is 0 Å². The summed E-state index contributed by atoms with van der Waals surface area (Å²) < 4.78 is 9.49. The molecule has 19 heavy (non-hydrogen) atoms. The number of nitrogens with zero attached hydrogens (tertiary/aromatic N) is 2. The zero-order chi connectivity index (χ0) is 13.8. The molecule has 1 heterocycles. The molecule has 2 aromatic rings. The summed E-state index contributed by atoms with van der Waals surface area (Å²) in [6, 6.07) is 3.94. The minimum Gasteiger partial charge on any atom is -0.486 e. The van der Waals surface area contributed by atoms with E-state index in [0.29, 0.717) is 13.2 Å². The molecule has 0 amide bonds. The fourth-order valence-electron chi connectivity index (χ4n) is 1.68. The molecular formula is C13H15Br2N3O. The fourth-order valence-corrected chi connectivity index (χ4v) is 3.19. The lowest BCUT2D eigenvalue weighted by molar-refractivity contribution is 0.302. The van der Waals surface area contributed by atoms with Crippen LogP contribution in [-0.2, 0) is 19.7 Å². The molecule has 2 N–H and O–H groups in total. The Labute approximate surface area is 129 Å². The van der Waals surface area contributed by atoms with Crippen molar-refractivity contribution >= 4 is 31.9 Å². The fraction of sp³-hybridized carbons (Fsp3) is 0.308. The zero-order valence-corrected chi connectivity index (χ0v) is 13.7. The lowest BCUT2D eigenvalue weighted by atomic mass is 10.2. The van der Waals surface area contributed by atoms with E-state index < -0.39 is 0 Å². The Morgan fingerprint density at radius 2 is 1.95 bits per heavy atom. The van der Waals surface area contributed by atoms with E-state index >= 15 is 0 Å². The first kappa shape index (κ1) is 14.6. The maximum atomic E-state index is 5.82. The molecule has 0 aliphatic rings. The minimum atomic E-state index is 0.485. The molecule has 0 saturated heterocycles. The Bertz CT molecular complexity index is 546. The van der Waals surface area contributed by atoms with E-state index in [1.807, 2.05) is 29.2 Å². The van der Waals surface area contributed by atoms with Crippen LogP contribution in [-0.4, -0.2) is 9.78 Å². The number of halogens is 2. The molecule has 1 aromatic heterocycles. The van der Waals surface area contributed by atoms with E-state index in [-0.39, 0.29) is 0 Å². The molecule has 0 aliphatic carbocycles. The standard InChI is InChI=1S/C13H15Br2N3O/c1-2-18-7-10(6-17-18)8-19-13-11(14)3-9(5-16)4-12(13)15/h3-4,6-7H,2,5,8,16H2,1H3. The lowest BCUT2D eigenvalue weighted by Crippen LogP contribution is -2.00. The topological polar surface area (TPSA) is 53.1 Å². The Morgan fingerprint density at radius 1 is 1.26 bits per heavy atom. The van der Waals surface area contributed by atoms with E-state index in [0.717, 1.165) is 32.4 Å². The van der Waals surface area contributed by atoms with Gasteiger partial charge in [0.2, 0.25) is 0 Å². The average molecular weight is 389 g/mol. The van der Waals surface area contributed by atoms with Crippen LogP contribution in [0.5, 0.6) is 5.75 Å². The zero-order valence-electron chi connectivity index (χ0n) is 10.6. The second kappa shape index (κ2) is 6.54. The van der Waals surface area contributed by atoms with Crippen LogP contribution in [0.15, 0.2) is 33.5 Å². The molecule has 102 valence electrons. The summed E-state index contributed by atoms with van der Waals surface area (Å²) in [4.78, 5) is 0. The number of ether oxygens (including phenoxy) is 1. The van der Waals surface area contributed by atoms with Gasteiger partial charge in [0, 0.05) is 24.8 Å². The Hall–Kier alpha value is -0.850. The summed E-state index contributed by atoms with van der Waals surface area (Å²) in [6.45, 7) is 3.90. The number of aromatic nitrogens is 2. The molecule has 6 heteroatoms. The van der Waals surface area contributed by atoms with Crippen molar-refractivity contribution < 1.29 is 4.74 Å². The van der Waals surface area contributed by atoms with E-state index in [1.165, 1.54) is 0 Å². The molecule has 0 saturated carbocycles. The highest BCUT2D eigenvalue weighted by molar-refractivity contribution is 9.11. The van der Waals surface area contributed by atoms with Gasteiger partial charge in [0.25, 0.3) is 0 Å². The molecule has 0 fully saturated rings. The van der Waals surface area contributed by atoms with Crippen LogP contribution in [0.1, 0.15) is 18.1 Å². The summed E-state index contributed by atoms with van der Waals surface area (Å²) >= 11 is 7.00. The molecule has 0 aliphatic heterocycles. The van der Waals surface area contributed by atoms with Crippen molar-refractivity contribution in [1.82, 2.24) is 9.78 Å². The van der Waals surface area contributed by atoms with Gasteiger partial charge in [0.05, 0.1) is 15.1 Å². The lowest BCUT2D eigenvalue weighted by Gasteiger charge is -2.11. The summed E-state index contributed by atoms with van der Waals surface area (Å²) in [5, 5.41) is 4.22. The van der Waals surface area contributed by atoms with Crippen LogP contribution in [0.25, 0.3) is 0 Å². The molecule has 0 bridgehead atoms. The quantitative estimate of drug-likeness (QED) is 0.853. The molecule has 4 nitrogen and oxygen atoms in total. The smallest absolute Gasteiger partial charge is 0.148 e. The van der Waals surface area contributed by atoms with Crippen molar-refractivity contribution in [3.8, 4) is 5.75 Å². The summed E-state index contributed by atoms with van der Waals surface area (Å²) in [5.41, 5.74) is 7.72. The van der Waals surface area contributed by atoms with Crippen LogP contribution in [0.3, 0.4) is 0 Å². The SMILES string of the molecule is CCn1cc(COc2c(Br)cc(CN)cc2Br)cn1. The molecule has 1 aromatic carbocycles. The Balaban J connectivity index is 2.11. The first-order chi connectivity index (χ1) is 9.13. The van der Waals surface area contributed by atoms with Crippen molar-refractivity contribution in [2.75, 3.05) is 0 Å². The monoisotopic (exact) mass is 387 g/mol.